The van der Waals surface area contributed by atoms with Crippen molar-refractivity contribution in [2.45, 2.75) is 102 Å². The van der Waals surface area contributed by atoms with Crippen LogP contribution in [-0.2, 0) is 9.78 Å². The predicted octanol–water partition coefficient (Wildman–Crippen LogP) is 3.10. The van der Waals surface area contributed by atoms with Gasteiger partial charge in [0.1, 0.15) is 0 Å². The number of hydrogen-bond acceptors (Lipinski definition) is 6. The van der Waals surface area contributed by atoms with E-state index >= 15 is 0 Å². The monoisotopic (exact) mass is 378 g/mol. The molecule has 26 heavy (non-hydrogen) atoms. The van der Waals surface area contributed by atoms with E-state index in [1.807, 2.05) is 0 Å². The van der Waals surface area contributed by atoms with Crippen LogP contribution >= 0.6 is 0 Å². The standard InChI is InChI=1S/C20H42O6/c21-17-19(23)13-9-5-1-3-7-11-15-25-26-16-12-8-4-2-6-10-14-20(24)18-22/h19-24H,1-18H2. The van der Waals surface area contributed by atoms with Gasteiger partial charge in [0.25, 0.3) is 0 Å². The fraction of sp³-hybridized carbons (Fsp3) is 1.00. The quantitative estimate of drug-likeness (QED) is 0.139. The van der Waals surface area contributed by atoms with Gasteiger partial charge in [-0.2, -0.15) is 0 Å². The molecular formula is C20H42O6. The lowest BCUT2D eigenvalue weighted by Gasteiger charge is -2.07. The van der Waals surface area contributed by atoms with Gasteiger partial charge in [0.05, 0.1) is 38.6 Å². The number of unbranched alkanes of at least 4 members (excludes halogenated alkanes) is 10. The van der Waals surface area contributed by atoms with Crippen LogP contribution in [0, 0.1) is 0 Å². The summed E-state index contributed by atoms with van der Waals surface area (Å²) in [5.41, 5.74) is 0. The highest BCUT2D eigenvalue weighted by Crippen LogP contribution is 2.10. The van der Waals surface area contributed by atoms with Crippen molar-refractivity contribution in [3.63, 3.8) is 0 Å². The van der Waals surface area contributed by atoms with Crippen LogP contribution in [-0.4, -0.2) is 59.1 Å². The van der Waals surface area contributed by atoms with Crippen molar-refractivity contribution in [2.24, 2.45) is 0 Å². The average molecular weight is 379 g/mol. The largest absolute Gasteiger partial charge is 0.394 e. The topological polar surface area (TPSA) is 99.4 Å². The van der Waals surface area contributed by atoms with Gasteiger partial charge in [-0.05, 0) is 25.7 Å². The summed E-state index contributed by atoms with van der Waals surface area (Å²) in [4.78, 5) is 10.4. The van der Waals surface area contributed by atoms with E-state index in [4.69, 9.17) is 20.0 Å². The molecule has 0 saturated heterocycles. The fourth-order valence-corrected chi connectivity index (χ4v) is 2.80. The van der Waals surface area contributed by atoms with E-state index in [1.54, 1.807) is 0 Å². The lowest BCUT2D eigenvalue weighted by Crippen LogP contribution is -2.10. The Hall–Kier alpha value is -0.240. The molecule has 0 radical (unpaired) electrons. The Bertz CT molecular complexity index is 239. The van der Waals surface area contributed by atoms with E-state index < -0.39 is 12.2 Å². The van der Waals surface area contributed by atoms with E-state index in [0.717, 1.165) is 64.2 Å². The molecule has 0 rings (SSSR count). The summed E-state index contributed by atoms with van der Waals surface area (Å²) in [6, 6.07) is 0. The lowest BCUT2D eigenvalue weighted by atomic mass is 10.1. The molecule has 0 amide bonds. The first-order valence-electron chi connectivity index (χ1n) is 10.5. The number of aliphatic hydroxyl groups excluding tert-OH is 4. The van der Waals surface area contributed by atoms with Crippen LogP contribution in [0.2, 0.25) is 0 Å². The van der Waals surface area contributed by atoms with Crippen molar-refractivity contribution >= 4 is 0 Å². The lowest BCUT2D eigenvalue weighted by molar-refractivity contribution is -0.295. The van der Waals surface area contributed by atoms with Crippen LogP contribution in [0.25, 0.3) is 0 Å². The highest BCUT2D eigenvalue weighted by Gasteiger charge is 2.01. The van der Waals surface area contributed by atoms with Crippen LogP contribution in [0.15, 0.2) is 0 Å². The van der Waals surface area contributed by atoms with Gasteiger partial charge in [0.2, 0.25) is 0 Å². The van der Waals surface area contributed by atoms with Crippen LogP contribution in [0.4, 0.5) is 0 Å². The van der Waals surface area contributed by atoms with E-state index in [-0.39, 0.29) is 13.2 Å². The van der Waals surface area contributed by atoms with Gasteiger partial charge in [-0.1, -0.05) is 64.2 Å². The third kappa shape index (κ3) is 20.1. The molecule has 0 aromatic heterocycles. The summed E-state index contributed by atoms with van der Waals surface area (Å²) < 4.78 is 0. The first-order chi connectivity index (χ1) is 12.7. The zero-order valence-electron chi connectivity index (χ0n) is 16.5. The Balaban J connectivity index is 3.03. The Labute approximate surface area is 159 Å². The summed E-state index contributed by atoms with van der Waals surface area (Å²) >= 11 is 0. The average Bonchev–Trinajstić information content (AvgIpc) is 2.66. The molecule has 0 fully saturated rings. The van der Waals surface area contributed by atoms with E-state index in [2.05, 4.69) is 0 Å². The molecule has 0 aliphatic carbocycles. The minimum Gasteiger partial charge on any atom is -0.394 e. The van der Waals surface area contributed by atoms with E-state index in [0.29, 0.717) is 26.1 Å². The zero-order chi connectivity index (χ0) is 19.3. The summed E-state index contributed by atoms with van der Waals surface area (Å²) in [6.45, 7) is 1.04. The molecule has 0 aromatic carbocycles. The Morgan fingerprint density at radius 2 is 0.769 bits per heavy atom. The smallest absolute Gasteiger partial charge is 0.0822 e. The van der Waals surface area contributed by atoms with Crippen molar-refractivity contribution < 1.29 is 30.2 Å². The van der Waals surface area contributed by atoms with Crippen LogP contribution in [0.1, 0.15) is 89.9 Å². The van der Waals surface area contributed by atoms with Crippen molar-refractivity contribution in [1.29, 1.82) is 0 Å². The van der Waals surface area contributed by atoms with Crippen molar-refractivity contribution in [3.05, 3.63) is 0 Å². The summed E-state index contributed by atoms with van der Waals surface area (Å²) in [5.74, 6) is 0. The third-order valence-corrected chi connectivity index (χ3v) is 4.53. The highest BCUT2D eigenvalue weighted by molar-refractivity contribution is 4.54. The predicted molar refractivity (Wildman–Crippen MR) is 103 cm³/mol. The number of rotatable bonds is 21. The fourth-order valence-electron chi connectivity index (χ4n) is 2.80. The van der Waals surface area contributed by atoms with Crippen molar-refractivity contribution in [1.82, 2.24) is 0 Å². The first kappa shape index (κ1) is 25.8. The summed E-state index contributed by atoms with van der Waals surface area (Å²) in [6.07, 6.45) is 13.4. The molecule has 0 bridgehead atoms. The van der Waals surface area contributed by atoms with Gasteiger partial charge in [0.15, 0.2) is 0 Å². The number of aliphatic hydroxyl groups is 4. The Morgan fingerprint density at radius 3 is 1.12 bits per heavy atom. The summed E-state index contributed by atoms with van der Waals surface area (Å²) in [5, 5.41) is 35.8. The second-order valence-electron chi connectivity index (χ2n) is 7.14. The zero-order valence-corrected chi connectivity index (χ0v) is 16.5. The summed E-state index contributed by atoms with van der Waals surface area (Å²) in [7, 11) is 0. The molecule has 0 heterocycles. The van der Waals surface area contributed by atoms with E-state index in [1.165, 1.54) is 12.8 Å². The van der Waals surface area contributed by atoms with Gasteiger partial charge >= 0.3 is 0 Å². The normalized spacial score (nSPS) is 13.8. The molecular weight excluding hydrogens is 336 g/mol. The Kier molecular flexibility index (Phi) is 20.9. The van der Waals surface area contributed by atoms with E-state index in [9.17, 15) is 10.2 Å². The van der Waals surface area contributed by atoms with Gasteiger partial charge in [-0.25, -0.2) is 9.78 Å². The van der Waals surface area contributed by atoms with Gasteiger partial charge in [-0.3, -0.25) is 0 Å². The second kappa shape index (κ2) is 21.1. The molecule has 6 heteroatoms. The molecule has 0 spiro atoms. The second-order valence-corrected chi connectivity index (χ2v) is 7.14. The molecule has 0 aromatic rings. The molecule has 2 atom stereocenters. The maximum absolute atomic E-state index is 9.21. The highest BCUT2D eigenvalue weighted by atomic mass is 17.2. The SMILES string of the molecule is OCC(O)CCCCCCCCOOCCCCCCCCC(O)CO. The van der Waals surface area contributed by atoms with Gasteiger partial charge < -0.3 is 20.4 Å². The first-order valence-corrected chi connectivity index (χ1v) is 10.5. The van der Waals surface area contributed by atoms with Crippen LogP contribution in [0.3, 0.4) is 0 Å². The number of hydrogen-bond donors (Lipinski definition) is 4. The van der Waals surface area contributed by atoms with Crippen molar-refractivity contribution in [3.8, 4) is 0 Å². The minimum absolute atomic E-state index is 0.131. The van der Waals surface area contributed by atoms with Gasteiger partial charge in [0, 0.05) is 0 Å². The molecule has 0 aliphatic rings. The maximum Gasteiger partial charge on any atom is 0.0822 e. The van der Waals surface area contributed by atoms with Crippen molar-refractivity contribution in [2.75, 3.05) is 26.4 Å². The minimum atomic E-state index is -0.550. The molecule has 6 nitrogen and oxygen atoms in total. The van der Waals surface area contributed by atoms with Crippen LogP contribution < -0.4 is 0 Å². The molecule has 2 unspecified atom stereocenters. The molecule has 0 aliphatic heterocycles. The molecule has 0 saturated carbocycles. The molecule has 158 valence electrons. The maximum atomic E-state index is 9.21. The van der Waals surface area contributed by atoms with Crippen LogP contribution in [0.5, 0.6) is 0 Å². The Morgan fingerprint density at radius 1 is 0.462 bits per heavy atom. The molecule has 4 N–H and O–H groups in total. The third-order valence-electron chi connectivity index (χ3n) is 4.53. The van der Waals surface area contributed by atoms with Gasteiger partial charge in [-0.15, -0.1) is 0 Å².